The molecule has 0 atom stereocenters. The summed E-state index contributed by atoms with van der Waals surface area (Å²) in [6, 6.07) is 11.6. The fraction of sp³-hybridized carbons (Fsp3) is 0.0714. The van der Waals surface area contributed by atoms with E-state index in [1.165, 1.54) is 18.3 Å². The van der Waals surface area contributed by atoms with Crippen LogP contribution in [0.5, 0.6) is 0 Å². The first-order valence-electron chi connectivity index (χ1n) is 5.97. The molecule has 0 radical (unpaired) electrons. The number of pyridine rings is 1. The second-order valence-electron chi connectivity index (χ2n) is 4.04. The van der Waals surface area contributed by atoms with Crippen LogP contribution in [-0.2, 0) is 4.79 Å². The number of hydrogen-bond donors (Lipinski definition) is 3. The van der Waals surface area contributed by atoms with Gasteiger partial charge in [-0.05, 0) is 18.2 Å². The predicted octanol–water partition coefficient (Wildman–Crippen LogP) is 0.743. The standard InChI is InChI=1S/C14H13N3O3/c18-12-7-6-10(8-15-12)14(20)16-9-13(19)17-11-4-2-1-3-5-11/h1-8H,9H2,(H,15,18)(H,16,20)(H,17,19). The molecule has 0 fully saturated rings. The molecule has 2 amide bonds. The molecule has 0 saturated heterocycles. The lowest BCUT2D eigenvalue weighted by molar-refractivity contribution is -0.115. The molecule has 1 aromatic carbocycles. The van der Waals surface area contributed by atoms with Crippen molar-refractivity contribution in [2.75, 3.05) is 11.9 Å². The van der Waals surface area contributed by atoms with E-state index in [0.717, 1.165) is 0 Å². The fourth-order valence-electron chi connectivity index (χ4n) is 1.54. The van der Waals surface area contributed by atoms with Gasteiger partial charge in [0.2, 0.25) is 11.5 Å². The molecule has 1 aromatic heterocycles. The van der Waals surface area contributed by atoms with Gasteiger partial charge in [-0.2, -0.15) is 0 Å². The third-order valence-corrected chi connectivity index (χ3v) is 2.51. The summed E-state index contributed by atoms with van der Waals surface area (Å²) in [5.41, 5.74) is 0.663. The van der Waals surface area contributed by atoms with E-state index in [1.807, 2.05) is 6.07 Å². The Hall–Kier alpha value is -2.89. The highest BCUT2D eigenvalue weighted by molar-refractivity contribution is 5.99. The van der Waals surface area contributed by atoms with Crippen molar-refractivity contribution in [2.24, 2.45) is 0 Å². The summed E-state index contributed by atoms with van der Waals surface area (Å²) < 4.78 is 0. The summed E-state index contributed by atoms with van der Waals surface area (Å²) in [6.07, 6.45) is 1.30. The average Bonchev–Trinajstić information content (AvgIpc) is 2.46. The molecule has 0 bridgehead atoms. The smallest absolute Gasteiger partial charge is 0.253 e. The Labute approximate surface area is 114 Å². The molecule has 0 unspecified atom stereocenters. The van der Waals surface area contributed by atoms with Gasteiger partial charge in [0.1, 0.15) is 0 Å². The maximum absolute atomic E-state index is 11.7. The van der Waals surface area contributed by atoms with Crippen LogP contribution < -0.4 is 16.2 Å². The van der Waals surface area contributed by atoms with Gasteiger partial charge in [-0.1, -0.05) is 18.2 Å². The maximum atomic E-state index is 11.7. The van der Waals surface area contributed by atoms with Crippen LogP contribution in [0.4, 0.5) is 5.69 Å². The monoisotopic (exact) mass is 271 g/mol. The van der Waals surface area contributed by atoms with Crippen LogP contribution in [0.3, 0.4) is 0 Å². The molecule has 0 aliphatic rings. The number of anilines is 1. The average molecular weight is 271 g/mol. The van der Waals surface area contributed by atoms with Crippen LogP contribution in [0.15, 0.2) is 53.5 Å². The lowest BCUT2D eigenvalue weighted by Crippen LogP contribution is -2.33. The van der Waals surface area contributed by atoms with Crippen molar-refractivity contribution in [1.82, 2.24) is 10.3 Å². The third kappa shape index (κ3) is 3.81. The number of carbonyl (C=O) groups excluding carboxylic acids is 2. The Kier molecular flexibility index (Phi) is 4.28. The second-order valence-corrected chi connectivity index (χ2v) is 4.04. The van der Waals surface area contributed by atoms with Crippen molar-refractivity contribution in [3.63, 3.8) is 0 Å². The number of rotatable bonds is 4. The van der Waals surface area contributed by atoms with Gasteiger partial charge in [0, 0.05) is 18.0 Å². The van der Waals surface area contributed by atoms with Crippen molar-refractivity contribution in [3.8, 4) is 0 Å². The molecule has 1 heterocycles. The zero-order chi connectivity index (χ0) is 14.4. The van der Waals surface area contributed by atoms with Crippen LogP contribution in [0.2, 0.25) is 0 Å². The van der Waals surface area contributed by atoms with E-state index in [1.54, 1.807) is 24.3 Å². The van der Waals surface area contributed by atoms with Gasteiger partial charge < -0.3 is 15.6 Å². The first kappa shape index (κ1) is 13.5. The Morgan fingerprint density at radius 2 is 1.80 bits per heavy atom. The van der Waals surface area contributed by atoms with E-state index < -0.39 is 5.91 Å². The van der Waals surface area contributed by atoms with Gasteiger partial charge in [0.15, 0.2) is 0 Å². The minimum atomic E-state index is -0.426. The van der Waals surface area contributed by atoms with Crippen LogP contribution in [0.1, 0.15) is 10.4 Å². The molecular formula is C14H13N3O3. The van der Waals surface area contributed by atoms with Gasteiger partial charge in [-0.15, -0.1) is 0 Å². The first-order chi connectivity index (χ1) is 9.65. The lowest BCUT2D eigenvalue weighted by Gasteiger charge is -2.06. The number of benzene rings is 1. The SMILES string of the molecule is O=C(CNC(=O)c1ccc(=O)[nH]c1)Nc1ccccc1. The molecule has 6 nitrogen and oxygen atoms in total. The van der Waals surface area contributed by atoms with Crippen LogP contribution in [0, 0.1) is 0 Å². The minimum Gasteiger partial charge on any atom is -0.343 e. The van der Waals surface area contributed by atoms with Crippen LogP contribution >= 0.6 is 0 Å². The number of amides is 2. The van der Waals surface area contributed by atoms with Gasteiger partial charge in [-0.25, -0.2) is 0 Å². The van der Waals surface area contributed by atoms with E-state index in [0.29, 0.717) is 5.69 Å². The van der Waals surface area contributed by atoms with Gasteiger partial charge in [0.05, 0.1) is 12.1 Å². The Balaban J connectivity index is 1.85. The Morgan fingerprint density at radius 1 is 1.05 bits per heavy atom. The van der Waals surface area contributed by atoms with Crippen molar-refractivity contribution >= 4 is 17.5 Å². The predicted molar refractivity (Wildman–Crippen MR) is 74.5 cm³/mol. The van der Waals surface area contributed by atoms with Gasteiger partial charge in [-0.3, -0.25) is 14.4 Å². The van der Waals surface area contributed by atoms with Gasteiger partial charge >= 0.3 is 0 Å². The summed E-state index contributed by atoms with van der Waals surface area (Å²) in [4.78, 5) is 36.6. The number of hydrogen-bond acceptors (Lipinski definition) is 3. The largest absolute Gasteiger partial charge is 0.343 e. The molecule has 2 rings (SSSR count). The third-order valence-electron chi connectivity index (χ3n) is 2.51. The molecule has 6 heteroatoms. The first-order valence-corrected chi connectivity index (χ1v) is 5.97. The second kappa shape index (κ2) is 6.33. The number of H-pyrrole nitrogens is 1. The summed E-state index contributed by atoms with van der Waals surface area (Å²) in [5.74, 6) is -0.751. The number of aromatic amines is 1. The Morgan fingerprint density at radius 3 is 2.45 bits per heavy atom. The Bertz CT molecular complexity index is 644. The van der Waals surface area contributed by atoms with Crippen LogP contribution in [0.25, 0.3) is 0 Å². The molecule has 0 aliphatic heterocycles. The summed E-state index contributed by atoms with van der Waals surface area (Å²) in [6.45, 7) is -0.146. The normalized spacial score (nSPS) is 9.80. The molecule has 102 valence electrons. The highest BCUT2D eigenvalue weighted by Gasteiger charge is 2.08. The van der Waals surface area contributed by atoms with Crippen molar-refractivity contribution in [3.05, 3.63) is 64.6 Å². The molecule has 20 heavy (non-hydrogen) atoms. The van der Waals surface area contributed by atoms with Crippen molar-refractivity contribution < 1.29 is 9.59 Å². The van der Waals surface area contributed by atoms with E-state index >= 15 is 0 Å². The van der Waals surface area contributed by atoms with Gasteiger partial charge in [0.25, 0.3) is 5.91 Å². The summed E-state index contributed by atoms with van der Waals surface area (Å²) in [7, 11) is 0. The number of aromatic nitrogens is 1. The number of nitrogens with one attached hydrogen (secondary N) is 3. The highest BCUT2D eigenvalue weighted by Crippen LogP contribution is 2.04. The quantitative estimate of drug-likeness (QED) is 0.766. The molecule has 3 N–H and O–H groups in total. The summed E-state index contributed by atoms with van der Waals surface area (Å²) in [5, 5.41) is 5.11. The molecule has 0 spiro atoms. The summed E-state index contributed by atoms with van der Waals surface area (Å²) >= 11 is 0. The van der Waals surface area contributed by atoms with E-state index in [9.17, 15) is 14.4 Å². The molecular weight excluding hydrogens is 258 g/mol. The van der Waals surface area contributed by atoms with E-state index in [2.05, 4.69) is 15.6 Å². The molecule has 0 saturated carbocycles. The lowest BCUT2D eigenvalue weighted by atomic mass is 10.2. The highest BCUT2D eigenvalue weighted by atomic mass is 16.2. The van der Waals surface area contributed by atoms with Crippen molar-refractivity contribution in [1.29, 1.82) is 0 Å². The minimum absolute atomic E-state index is 0.146. The fourth-order valence-corrected chi connectivity index (χ4v) is 1.54. The topological polar surface area (TPSA) is 91.1 Å². The zero-order valence-electron chi connectivity index (χ0n) is 10.6. The molecule has 0 aliphatic carbocycles. The number of para-hydroxylation sites is 1. The molecule has 2 aromatic rings. The van der Waals surface area contributed by atoms with E-state index in [-0.39, 0.29) is 23.6 Å². The van der Waals surface area contributed by atoms with Crippen molar-refractivity contribution in [2.45, 2.75) is 0 Å². The maximum Gasteiger partial charge on any atom is 0.253 e. The van der Waals surface area contributed by atoms with Crippen LogP contribution in [-0.4, -0.2) is 23.3 Å². The number of carbonyl (C=O) groups is 2. The van der Waals surface area contributed by atoms with E-state index in [4.69, 9.17) is 0 Å². The zero-order valence-corrected chi connectivity index (χ0v) is 10.6.